The Morgan fingerprint density at radius 3 is 1.31 bits per heavy atom. The van der Waals surface area contributed by atoms with Gasteiger partial charge in [-0.15, -0.1) is 0 Å². The summed E-state index contributed by atoms with van der Waals surface area (Å²) in [5, 5.41) is 33.0. The van der Waals surface area contributed by atoms with Crippen LogP contribution in [0.3, 0.4) is 0 Å². The SMILES string of the molecule is CC(C)C(N)C(=O)O.CC(O)C(N)C(=O)O.NC(=O)CCC(N)C(=O)O. The van der Waals surface area contributed by atoms with Crippen LogP contribution in [0, 0.1) is 5.92 Å². The van der Waals surface area contributed by atoms with Crippen molar-refractivity contribution in [1.29, 1.82) is 0 Å². The van der Waals surface area contributed by atoms with Crippen LogP contribution < -0.4 is 22.9 Å². The molecular weight excluding hydrogens is 352 g/mol. The van der Waals surface area contributed by atoms with Gasteiger partial charge in [0.1, 0.15) is 18.1 Å². The molecular formula is C14H30N4O8. The highest BCUT2D eigenvalue weighted by Crippen LogP contribution is 1.96. The van der Waals surface area contributed by atoms with Gasteiger partial charge in [-0.3, -0.25) is 19.2 Å². The summed E-state index contributed by atoms with van der Waals surface area (Å²) in [5.41, 5.74) is 19.9. The van der Waals surface area contributed by atoms with Crippen molar-refractivity contribution in [2.45, 2.75) is 57.8 Å². The summed E-state index contributed by atoms with van der Waals surface area (Å²) in [5.74, 6) is -3.73. The number of aliphatic hydroxyl groups excluding tert-OH is 1. The zero-order valence-corrected chi connectivity index (χ0v) is 15.0. The second-order valence-electron chi connectivity index (χ2n) is 5.66. The van der Waals surface area contributed by atoms with Crippen molar-refractivity contribution in [3.63, 3.8) is 0 Å². The average Bonchev–Trinajstić information content (AvgIpc) is 2.51. The Bertz CT molecular complexity index is 432. The Morgan fingerprint density at radius 1 is 0.808 bits per heavy atom. The maximum atomic E-state index is 10.1. The van der Waals surface area contributed by atoms with Crippen LogP contribution in [-0.2, 0) is 19.2 Å². The molecule has 0 saturated carbocycles. The van der Waals surface area contributed by atoms with E-state index in [9.17, 15) is 19.2 Å². The molecule has 0 radical (unpaired) electrons. The number of aliphatic hydroxyl groups is 1. The molecule has 26 heavy (non-hydrogen) atoms. The summed E-state index contributed by atoms with van der Waals surface area (Å²) < 4.78 is 0. The minimum absolute atomic E-state index is 0.0208. The number of amides is 1. The first-order chi connectivity index (χ1) is 11.6. The molecule has 1 amide bonds. The molecule has 12 nitrogen and oxygen atoms in total. The molecule has 12 heteroatoms. The van der Waals surface area contributed by atoms with Crippen LogP contribution in [-0.4, -0.2) is 68.5 Å². The van der Waals surface area contributed by atoms with E-state index in [1.54, 1.807) is 13.8 Å². The lowest BCUT2D eigenvalue weighted by molar-refractivity contribution is -0.141. The van der Waals surface area contributed by atoms with Crippen LogP contribution >= 0.6 is 0 Å². The van der Waals surface area contributed by atoms with E-state index >= 15 is 0 Å². The van der Waals surface area contributed by atoms with E-state index in [1.807, 2.05) is 0 Å². The first kappa shape index (κ1) is 28.5. The summed E-state index contributed by atoms with van der Waals surface area (Å²) in [6.07, 6.45) is -0.856. The molecule has 4 unspecified atom stereocenters. The van der Waals surface area contributed by atoms with Crippen molar-refractivity contribution in [2.75, 3.05) is 0 Å². The van der Waals surface area contributed by atoms with Gasteiger partial charge in [0, 0.05) is 6.42 Å². The van der Waals surface area contributed by atoms with Crippen LogP contribution in [0.15, 0.2) is 0 Å². The number of carbonyl (C=O) groups is 4. The van der Waals surface area contributed by atoms with E-state index in [0.717, 1.165) is 0 Å². The topological polar surface area (TPSA) is 253 Å². The Labute approximate surface area is 151 Å². The highest BCUT2D eigenvalue weighted by molar-refractivity contribution is 5.77. The molecule has 0 aromatic rings. The van der Waals surface area contributed by atoms with Crippen LogP contribution in [0.5, 0.6) is 0 Å². The lowest BCUT2D eigenvalue weighted by atomic mass is 10.1. The summed E-state index contributed by atoms with van der Waals surface area (Å²) >= 11 is 0. The molecule has 0 bridgehead atoms. The van der Waals surface area contributed by atoms with Gasteiger partial charge in [0.05, 0.1) is 6.10 Å². The number of rotatable bonds is 8. The highest BCUT2D eigenvalue weighted by atomic mass is 16.4. The third kappa shape index (κ3) is 18.1. The minimum Gasteiger partial charge on any atom is -0.480 e. The fourth-order valence-electron chi connectivity index (χ4n) is 0.913. The largest absolute Gasteiger partial charge is 0.480 e. The molecule has 0 heterocycles. The Kier molecular flexibility index (Phi) is 16.5. The molecule has 12 N–H and O–H groups in total. The van der Waals surface area contributed by atoms with E-state index in [4.69, 9.17) is 43.4 Å². The Hall–Kier alpha value is -2.28. The van der Waals surface area contributed by atoms with Crippen molar-refractivity contribution in [3.8, 4) is 0 Å². The maximum Gasteiger partial charge on any atom is 0.323 e. The molecule has 0 aliphatic heterocycles. The summed E-state index contributed by atoms with van der Waals surface area (Å²) in [4.78, 5) is 40.0. The predicted molar refractivity (Wildman–Crippen MR) is 91.8 cm³/mol. The highest BCUT2D eigenvalue weighted by Gasteiger charge is 2.16. The molecule has 0 rings (SSSR count). The van der Waals surface area contributed by atoms with Gasteiger partial charge in [0.2, 0.25) is 5.91 Å². The second-order valence-corrected chi connectivity index (χ2v) is 5.66. The fraction of sp³-hybridized carbons (Fsp3) is 0.714. The molecule has 0 fully saturated rings. The van der Waals surface area contributed by atoms with Gasteiger partial charge in [0.25, 0.3) is 0 Å². The van der Waals surface area contributed by atoms with Gasteiger partial charge in [-0.1, -0.05) is 13.8 Å². The van der Waals surface area contributed by atoms with Crippen LogP contribution in [0.2, 0.25) is 0 Å². The molecule has 0 aliphatic carbocycles. The smallest absolute Gasteiger partial charge is 0.323 e. The Morgan fingerprint density at radius 2 is 1.19 bits per heavy atom. The molecule has 0 spiro atoms. The van der Waals surface area contributed by atoms with Crippen LogP contribution in [0.25, 0.3) is 0 Å². The van der Waals surface area contributed by atoms with Gasteiger partial charge in [-0.2, -0.15) is 0 Å². The first-order valence-corrected chi connectivity index (χ1v) is 7.56. The molecule has 0 aromatic carbocycles. The van der Waals surface area contributed by atoms with Crippen molar-refractivity contribution in [3.05, 3.63) is 0 Å². The van der Waals surface area contributed by atoms with Crippen molar-refractivity contribution < 1.29 is 39.6 Å². The zero-order valence-electron chi connectivity index (χ0n) is 15.0. The lowest BCUT2D eigenvalue weighted by Crippen LogP contribution is -2.39. The number of primary amides is 1. The van der Waals surface area contributed by atoms with Gasteiger partial charge in [0.15, 0.2) is 0 Å². The van der Waals surface area contributed by atoms with Gasteiger partial charge in [-0.25, -0.2) is 0 Å². The number of hydrogen-bond donors (Lipinski definition) is 8. The van der Waals surface area contributed by atoms with Crippen molar-refractivity contribution in [1.82, 2.24) is 0 Å². The number of carboxylic acid groups (broad SMARTS) is 3. The normalized spacial score (nSPS) is 14.5. The standard InChI is InChI=1S/C5H10N2O3.C5H11NO2.C4H9NO3/c6-3(5(9)10)1-2-4(7)8;1-3(2)4(6)5(7)8;1-2(6)3(5)4(7)8/h3H,1-2,6H2,(H2,7,8)(H,9,10);3-4H,6H2,1-2H3,(H,7,8);2-3,6H,5H2,1H3,(H,7,8). The molecule has 0 aliphatic rings. The van der Waals surface area contributed by atoms with E-state index in [-0.39, 0.29) is 18.8 Å². The number of carboxylic acids is 3. The maximum absolute atomic E-state index is 10.1. The summed E-state index contributed by atoms with van der Waals surface area (Å²) in [6, 6.07) is -2.85. The molecule has 154 valence electrons. The quantitative estimate of drug-likeness (QED) is 0.217. The fourth-order valence-corrected chi connectivity index (χ4v) is 0.913. The van der Waals surface area contributed by atoms with Crippen molar-refractivity contribution in [2.24, 2.45) is 28.9 Å². The third-order valence-electron chi connectivity index (χ3n) is 2.83. The number of carbonyl (C=O) groups excluding carboxylic acids is 1. The summed E-state index contributed by atoms with van der Waals surface area (Å²) in [6.45, 7) is 4.89. The van der Waals surface area contributed by atoms with E-state index in [0.29, 0.717) is 0 Å². The second kappa shape index (κ2) is 15.0. The predicted octanol–water partition coefficient (Wildman–Crippen LogP) is -2.50. The molecule has 0 saturated heterocycles. The van der Waals surface area contributed by atoms with Crippen LogP contribution in [0.4, 0.5) is 0 Å². The molecule has 0 aromatic heterocycles. The summed E-state index contributed by atoms with van der Waals surface area (Å²) in [7, 11) is 0. The first-order valence-electron chi connectivity index (χ1n) is 7.56. The van der Waals surface area contributed by atoms with E-state index < -0.39 is 48.0 Å². The minimum atomic E-state index is -1.18. The van der Waals surface area contributed by atoms with Gasteiger partial charge >= 0.3 is 17.9 Å². The zero-order chi connectivity index (χ0) is 21.6. The number of nitrogens with two attached hydrogens (primary N) is 4. The third-order valence-corrected chi connectivity index (χ3v) is 2.83. The van der Waals surface area contributed by atoms with Crippen molar-refractivity contribution >= 4 is 23.8 Å². The number of aliphatic carboxylic acids is 3. The monoisotopic (exact) mass is 382 g/mol. The van der Waals surface area contributed by atoms with Crippen LogP contribution in [0.1, 0.15) is 33.6 Å². The van der Waals surface area contributed by atoms with E-state index in [1.165, 1.54) is 6.92 Å². The van der Waals surface area contributed by atoms with Gasteiger partial charge < -0.3 is 43.4 Å². The molecule has 4 atom stereocenters. The average molecular weight is 382 g/mol. The lowest BCUT2D eigenvalue weighted by Gasteiger charge is -2.07. The van der Waals surface area contributed by atoms with Gasteiger partial charge in [-0.05, 0) is 19.3 Å². The number of hydrogen-bond acceptors (Lipinski definition) is 8. The Balaban J connectivity index is -0.000000308. The van der Waals surface area contributed by atoms with E-state index in [2.05, 4.69) is 0 Å².